The van der Waals surface area contributed by atoms with Crippen molar-refractivity contribution in [3.8, 4) is 0 Å². The van der Waals surface area contributed by atoms with Gasteiger partial charge in [0.1, 0.15) is 17.2 Å². The van der Waals surface area contributed by atoms with Gasteiger partial charge >= 0.3 is 0 Å². The molecule has 1 heterocycles. The van der Waals surface area contributed by atoms with Gasteiger partial charge in [0.15, 0.2) is 0 Å². The first-order valence-electron chi connectivity index (χ1n) is 8.01. The Labute approximate surface area is 140 Å². The number of hydrogen-bond donors (Lipinski definition) is 0. The molecule has 2 heteroatoms. The minimum absolute atomic E-state index is 0.0569. The molecule has 1 atom stereocenters. The van der Waals surface area contributed by atoms with Crippen LogP contribution in [-0.2, 0) is 0 Å². The summed E-state index contributed by atoms with van der Waals surface area (Å²) in [4.78, 5) is 0. The molecule has 4 rings (SSSR count). The lowest BCUT2D eigenvalue weighted by molar-refractivity contribution is 0.541. The molecule has 0 spiro atoms. The van der Waals surface area contributed by atoms with Crippen molar-refractivity contribution < 1.29 is 8.81 Å². The van der Waals surface area contributed by atoms with Crippen molar-refractivity contribution in [1.29, 1.82) is 0 Å². The highest BCUT2D eigenvalue weighted by Crippen LogP contribution is 2.35. The number of halogens is 1. The lowest BCUT2D eigenvalue weighted by Gasteiger charge is -2.16. The van der Waals surface area contributed by atoms with Gasteiger partial charge in [-0.3, -0.25) is 0 Å². The van der Waals surface area contributed by atoms with Crippen molar-refractivity contribution in [2.24, 2.45) is 0 Å². The van der Waals surface area contributed by atoms with E-state index < -0.39 is 0 Å². The lowest BCUT2D eigenvalue weighted by Crippen LogP contribution is -2.02. The smallest absolute Gasteiger partial charge is 0.134 e. The average Bonchev–Trinajstić information content (AvgIpc) is 3.02. The van der Waals surface area contributed by atoms with Gasteiger partial charge in [0.2, 0.25) is 0 Å². The van der Waals surface area contributed by atoms with E-state index in [1.54, 1.807) is 0 Å². The Morgan fingerprint density at radius 1 is 0.792 bits per heavy atom. The topological polar surface area (TPSA) is 13.1 Å². The third-order valence-electron chi connectivity index (χ3n) is 4.34. The molecule has 0 saturated heterocycles. The molecular weight excluding hydrogens is 299 g/mol. The van der Waals surface area contributed by atoms with Crippen molar-refractivity contribution in [1.82, 2.24) is 0 Å². The molecule has 0 N–H and O–H groups in total. The van der Waals surface area contributed by atoms with Crippen molar-refractivity contribution >= 4 is 11.0 Å². The molecule has 0 radical (unpaired) electrons. The van der Waals surface area contributed by atoms with Gasteiger partial charge in [-0.15, -0.1) is 0 Å². The Morgan fingerprint density at radius 2 is 1.42 bits per heavy atom. The van der Waals surface area contributed by atoms with Crippen LogP contribution < -0.4 is 0 Å². The fraction of sp³-hybridized carbons (Fsp3) is 0.0909. The SMILES string of the molecule is Cc1ccc(C(c2ccc(F)cc2)c2cc3ccccc3o2)cc1. The Balaban J connectivity index is 1.88. The van der Waals surface area contributed by atoms with E-state index in [1.807, 2.05) is 36.4 Å². The molecule has 0 aliphatic heterocycles. The van der Waals surface area contributed by atoms with E-state index >= 15 is 0 Å². The van der Waals surface area contributed by atoms with Crippen LogP contribution in [0.25, 0.3) is 11.0 Å². The molecule has 0 bridgehead atoms. The molecule has 0 saturated carbocycles. The predicted octanol–water partition coefficient (Wildman–Crippen LogP) is 6.06. The van der Waals surface area contributed by atoms with Gasteiger partial charge in [-0.25, -0.2) is 4.39 Å². The highest BCUT2D eigenvalue weighted by Gasteiger charge is 2.21. The minimum atomic E-state index is -0.231. The summed E-state index contributed by atoms with van der Waals surface area (Å²) in [5.41, 5.74) is 4.22. The summed E-state index contributed by atoms with van der Waals surface area (Å²) in [5.74, 6) is 0.580. The van der Waals surface area contributed by atoms with Gasteiger partial charge in [0, 0.05) is 5.39 Å². The molecule has 0 amide bonds. The quantitative estimate of drug-likeness (QED) is 0.448. The Morgan fingerprint density at radius 3 is 2.08 bits per heavy atom. The van der Waals surface area contributed by atoms with Crippen LogP contribution >= 0.6 is 0 Å². The van der Waals surface area contributed by atoms with E-state index in [2.05, 4.69) is 37.3 Å². The van der Waals surface area contributed by atoms with E-state index in [4.69, 9.17) is 4.42 Å². The van der Waals surface area contributed by atoms with Gasteiger partial charge in [0.05, 0.1) is 5.92 Å². The first-order chi connectivity index (χ1) is 11.7. The summed E-state index contributed by atoms with van der Waals surface area (Å²) < 4.78 is 19.5. The summed E-state index contributed by atoms with van der Waals surface area (Å²) >= 11 is 0. The van der Waals surface area contributed by atoms with Gasteiger partial charge in [-0.2, -0.15) is 0 Å². The summed E-state index contributed by atoms with van der Waals surface area (Å²) in [7, 11) is 0. The summed E-state index contributed by atoms with van der Waals surface area (Å²) in [6.45, 7) is 2.07. The first-order valence-corrected chi connectivity index (χ1v) is 8.01. The fourth-order valence-electron chi connectivity index (χ4n) is 3.08. The number of hydrogen-bond acceptors (Lipinski definition) is 1. The molecule has 1 unspecified atom stereocenters. The molecular formula is C22H17FO. The molecule has 0 fully saturated rings. The minimum Gasteiger partial charge on any atom is -0.460 e. The maximum Gasteiger partial charge on any atom is 0.134 e. The number of rotatable bonds is 3. The predicted molar refractivity (Wildman–Crippen MR) is 94.7 cm³/mol. The van der Waals surface area contributed by atoms with Crippen LogP contribution in [0, 0.1) is 12.7 Å². The third kappa shape index (κ3) is 2.71. The van der Waals surface area contributed by atoms with E-state index in [1.165, 1.54) is 17.7 Å². The van der Waals surface area contributed by atoms with Crippen LogP contribution in [0.5, 0.6) is 0 Å². The van der Waals surface area contributed by atoms with Crippen LogP contribution in [0.1, 0.15) is 28.4 Å². The lowest BCUT2D eigenvalue weighted by atomic mass is 9.88. The van der Waals surface area contributed by atoms with Gasteiger partial charge in [-0.05, 0) is 42.3 Å². The largest absolute Gasteiger partial charge is 0.460 e. The van der Waals surface area contributed by atoms with E-state index in [0.29, 0.717) is 0 Å². The third-order valence-corrected chi connectivity index (χ3v) is 4.34. The van der Waals surface area contributed by atoms with Gasteiger partial charge < -0.3 is 4.42 Å². The average molecular weight is 316 g/mol. The van der Waals surface area contributed by atoms with Crippen LogP contribution in [0.15, 0.2) is 83.3 Å². The van der Waals surface area contributed by atoms with E-state index in [0.717, 1.165) is 27.9 Å². The molecule has 118 valence electrons. The molecule has 4 aromatic rings. The molecule has 0 aliphatic rings. The molecule has 0 aliphatic carbocycles. The van der Waals surface area contributed by atoms with Crippen LogP contribution in [0.2, 0.25) is 0 Å². The van der Waals surface area contributed by atoms with Crippen LogP contribution in [-0.4, -0.2) is 0 Å². The fourth-order valence-corrected chi connectivity index (χ4v) is 3.08. The molecule has 1 nitrogen and oxygen atoms in total. The maximum absolute atomic E-state index is 13.4. The van der Waals surface area contributed by atoms with Crippen molar-refractivity contribution in [2.75, 3.05) is 0 Å². The van der Waals surface area contributed by atoms with Crippen LogP contribution in [0.4, 0.5) is 4.39 Å². The Bertz CT molecular complexity index is 886. The van der Waals surface area contributed by atoms with E-state index in [-0.39, 0.29) is 11.7 Å². The Hall–Kier alpha value is -2.87. The normalized spacial score (nSPS) is 12.4. The number of fused-ring (bicyclic) bond motifs is 1. The zero-order valence-corrected chi connectivity index (χ0v) is 13.4. The standard InChI is InChI=1S/C22H17FO/c1-15-6-8-16(9-7-15)22(17-10-12-19(23)13-11-17)21-14-18-4-2-3-5-20(18)24-21/h2-14,22H,1H3. The van der Waals surface area contributed by atoms with Crippen LogP contribution in [0.3, 0.4) is 0 Å². The number of benzene rings is 3. The zero-order valence-electron chi connectivity index (χ0n) is 13.4. The second kappa shape index (κ2) is 5.97. The summed E-state index contributed by atoms with van der Waals surface area (Å²) in [6, 6.07) is 25.1. The number of furan rings is 1. The monoisotopic (exact) mass is 316 g/mol. The molecule has 24 heavy (non-hydrogen) atoms. The highest BCUT2D eigenvalue weighted by molar-refractivity contribution is 5.78. The highest BCUT2D eigenvalue weighted by atomic mass is 19.1. The Kier molecular flexibility index (Phi) is 3.66. The number of para-hydroxylation sites is 1. The second-order valence-corrected chi connectivity index (χ2v) is 6.08. The summed E-state index contributed by atoms with van der Waals surface area (Å²) in [5, 5.41) is 1.08. The maximum atomic E-state index is 13.4. The molecule has 1 aromatic heterocycles. The molecule has 3 aromatic carbocycles. The number of aryl methyl sites for hydroxylation is 1. The van der Waals surface area contributed by atoms with Gasteiger partial charge in [-0.1, -0.05) is 60.2 Å². The van der Waals surface area contributed by atoms with Gasteiger partial charge in [0.25, 0.3) is 0 Å². The van der Waals surface area contributed by atoms with Crippen molar-refractivity contribution in [3.63, 3.8) is 0 Å². The second-order valence-electron chi connectivity index (χ2n) is 6.08. The van der Waals surface area contributed by atoms with E-state index in [9.17, 15) is 4.39 Å². The first kappa shape index (κ1) is 14.7. The summed E-state index contributed by atoms with van der Waals surface area (Å²) in [6.07, 6.45) is 0. The van der Waals surface area contributed by atoms with Crippen molar-refractivity contribution in [3.05, 3.63) is 107 Å². The van der Waals surface area contributed by atoms with Crippen molar-refractivity contribution in [2.45, 2.75) is 12.8 Å². The zero-order chi connectivity index (χ0) is 16.5.